The van der Waals surface area contributed by atoms with Gasteiger partial charge in [-0.05, 0) is 110 Å². The summed E-state index contributed by atoms with van der Waals surface area (Å²) >= 11 is 11.8. The number of benzene rings is 4. The molecule has 4 heteroatoms. The molecule has 0 radical (unpaired) electrons. The zero-order chi connectivity index (χ0) is 32.9. The van der Waals surface area contributed by atoms with E-state index in [1.807, 2.05) is 0 Å². The summed E-state index contributed by atoms with van der Waals surface area (Å²) in [7, 11) is 0. The number of thiol groups is 1. The van der Waals surface area contributed by atoms with Gasteiger partial charge in [-0.2, -0.15) is 17.2 Å². The van der Waals surface area contributed by atoms with E-state index in [-0.39, 0.29) is 10.8 Å². The van der Waals surface area contributed by atoms with E-state index in [9.17, 15) is 0 Å². The van der Waals surface area contributed by atoms with Gasteiger partial charge in [0.05, 0.1) is 10.8 Å². The molecule has 0 bridgehead atoms. The molecule has 47 heavy (non-hydrogen) atoms. The van der Waals surface area contributed by atoms with E-state index < -0.39 is 0 Å². The summed E-state index contributed by atoms with van der Waals surface area (Å²) < 4.78 is 9.04. The van der Waals surface area contributed by atoms with E-state index in [1.54, 1.807) is 0 Å². The Kier molecular flexibility index (Phi) is 8.51. The van der Waals surface area contributed by atoms with E-state index in [4.69, 9.17) is 16.3 Å². The van der Waals surface area contributed by atoms with Crippen LogP contribution in [0, 0.1) is 5.92 Å². The maximum absolute atomic E-state index is 7.26. The summed E-state index contributed by atoms with van der Waals surface area (Å²) in [5.41, 5.74) is 7.32. The van der Waals surface area contributed by atoms with Crippen LogP contribution in [0.5, 0.6) is 5.75 Å². The highest BCUT2D eigenvalue weighted by molar-refractivity contribution is 7.80. The van der Waals surface area contributed by atoms with Crippen molar-refractivity contribution >= 4 is 57.2 Å². The number of hydrogen-bond acceptors (Lipinski definition) is 2. The van der Waals surface area contributed by atoms with Gasteiger partial charge in [-0.25, -0.2) is 0 Å². The molecular formula is C43H45ClNOS+. The smallest absolute Gasteiger partial charge is 0.210 e. The van der Waals surface area contributed by atoms with Crippen LogP contribution in [-0.2, 0) is 10.8 Å². The summed E-state index contributed by atoms with van der Waals surface area (Å²) in [6.07, 6.45) is 13.1. The van der Waals surface area contributed by atoms with Crippen molar-refractivity contribution < 1.29 is 9.31 Å². The van der Waals surface area contributed by atoms with Crippen LogP contribution in [0.2, 0.25) is 0 Å². The Morgan fingerprint density at radius 1 is 0.809 bits per heavy atom. The minimum absolute atomic E-state index is 0.144. The highest BCUT2D eigenvalue weighted by atomic mass is 35.5. The fourth-order valence-electron chi connectivity index (χ4n) is 8.10. The third-order valence-corrected chi connectivity index (χ3v) is 11.3. The van der Waals surface area contributed by atoms with E-state index >= 15 is 0 Å². The SMILES string of the molecule is CC1CC(/C=C/C2=[N+](CCCCS)c3ccc4ccccc4c3C2(C)C)=C(Cl)C(=C/C=C2/Oc3ccc4ccccc4c3C2(C)C)/C1. The Hall–Kier alpha value is -3.53. The molecule has 2 nitrogen and oxygen atoms in total. The Morgan fingerprint density at radius 2 is 1.49 bits per heavy atom. The molecule has 0 N–H and O–H groups in total. The van der Waals surface area contributed by atoms with Gasteiger partial charge < -0.3 is 4.74 Å². The third-order valence-electron chi connectivity index (χ3n) is 10.5. The van der Waals surface area contributed by atoms with Crippen LogP contribution in [0.25, 0.3) is 21.5 Å². The largest absolute Gasteiger partial charge is 0.460 e. The van der Waals surface area contributed by atoms with E-state index in [2.05, 4.69) is 149 Å². The first-order valence-corrected chi connectivity index (χ1v) is 18.1. The number of unbranched alkanes of at least 4 members (excludes halogenated alkanes) is 1. The van der Waals surface area contributed by atoms with Gasteiger partial charge >= 0.3 is 0 Å². The number of fused-ring (bicyclic) bond motifs is 6. The zero-order valence-corrected chi connectivity index (χ0v) is 29.9. The molecule has 1 unspecified atom stereocenters. The summed E-state index contributed by atoms with van der Waals surface area (Å²) in [6, 6.07) is 26.2. The lowest BCUT2D eigenvalue weighted by Crippen LogP contribution is -2.28. The van der Waals surface area contributed by atoms with Crippen molar-refractivity contribution in [3.05, 3.63) is 130 Å². The van der Waals surface area contributed by atoms with Crippen LogP contribution in [0.1, 0.15) is 71.4 Å². The van der Waals surface area contributed by atoms with Crippen molar-refractivity contribution in [2.75, 3.05) is 12.3 Å². The fourth-order valence-corrected chi connectivity index (χ4v) is 8.60. The highest BCUT2D eigenvalue weighted by Gasteiger charge is 2.45. The van der Waals surface area contributed by atoms with Crippen LogP contribution in [0.3, 0.4) is 0 Å². The molecule has 7 rings (SSSR count). The lowest BCUT2D eigenvalue weighted by Gasteiger charge is -2.23. The number of ether oxygens (including phenoxy) is 1. The first kappa shape index (κ1) is 32.0. The van der Waals surface area contributed by atoms with Crippen molar-refractivity contribution in [1.29, 1.82) is 0 Å². The van der Waals surface area contributed by atoms with Crippen molar-refractivity contribution in [3.63, 3.8) is 0 Å². The molecule has 4 aromatic carbocycles. The molecule has 0 spiro atoms. The molecule has 1 atom stereocenters. The normalized spacial score (nSPS) is 21.8. The average Bonchev–Trinajstić information content (AvgIpc) is 3.45. The fraction of sp³-hybridized carbons (Fsp3) is 0.326. The zero-order valence-electron chi connectivity index (χ0n) is 28.2. The Labute approximate surface area is 290 Å². The van der Waals surface area contributed by atoms with Crippen molar-refractivity contribution in [2.45, 2.75) is 71.1 Å². The van der Waals surface area contributed by atoms with Crippen LogP contribution >= 0.6 is 24.2 Å². The van der Waals surface area contributed by atoms with E-state index in [0.717, 1.165) is 54.5 Å². The quantitative estimate of drug-likeness (QED) is 0.118. The first-order valence-electron chi connectivity index (χ1n) is 17.1. The number of halogens is 1. The van der Waals surface area contributed by atoms with Crippen molar-refractivity contribution in [1.82, 2.24) is 0 Å². The molecule has 1 aliphatic carbocycles. The Bertz CT molecular complexity index is 2060. The van der Waals surface area contributed by atoms with Crippen LogP contribution in [-0.4, -0.2) is 22.6 Å². The van der Waals surface area contributed by atoms with Gasteiger partial charge in [0.2, 0.25) is 5.69 Å². The second-order valence-corrected chi connectivity index (χ2v) is 15.4. The summed E-state index contributed by atoms with van der Waals surface area (Å²) in [5.74, 6) is 3.31. The topological polar surface area (TPSA) is 12.2 Å². The second kappa shape index (κ2) is 12.5. The Balaban J connectivity index is 1.24. The van der Waals surface area contributed by atoms with Gasteiger partial charge in [-0.3, -0.25) is 0 Å². The molecule has 2 aliphatic heterocycles. The molecule has 4 aromatic rings. The van der Waals surface area contributed by atoms with Crippen molar-refractivity contribution in [3.8, 4) is 5.75 Å². The minimum Gasteiger partial charge on any atom is -0.460 e. The molecule has 0 saturated heterocycles. The monoisotopic (exact) mass is 658 g/mol. The molecule has 0 amide bonds. The lowest BCUT2D eigenvalue weighted by molar-refractivity contribution is -0.438. The molecule has 0 aromatic heterocycles. The summed E-state index contributed by atoms with van der Waals surface area (Å²) in [4.78, 5) is 0. The molecular weight excluding hydrogens is 614 g/mol. The van der Waals surface area contributed by atoms with Gasteiger partial charge in [0.15, 0.2) is 5.71 Å². The average molecular weight is 659 g/mol. The maximum Gasteiger partial charge on any atom is 0.210 e. The number of rotatable bonds is 7. The van der Waals surface area contributed by atoms with Crippen LogP contribution in [0.15, 0.2) is 119 Å². The molecule has 0 fully saturated rings. The maximum atomic E-state index is 7.26. The predicted octanol–water partition coefficient (Wildman–Crippen LogP) is 11.7. The molecule has 0 saturated carbocycles. The van der Waals surface area contributed by atoms with Gasteiger partial charge in [0.1, 0.15) is 18.1 Å². The van der Waals surface area contributed by atoms with Crippen molar-refractivity contribution in [2.24, 2.45) is 5.92 Å². The highest BCUT2D eigenvalue weighted by Crippen LogP contribution is 2.49. The van der Waals surface area contributed by atoms with Crippen LogP contribution in [0.4, 0.5) is 5.69 Å². The number of hydrogen-bond donors (Lipinski definition) is 1. The lowest BCUT2D eigenvalue weighted by atomic mass is 9.78. The van der Waals surface area contributed by atoms with E-state index in [1.165, 1.54) is 55.2 Å². The predicted molar refractivity (Wildman–Crippen MR) is 204 cm³/mol. The van der Waals surface area contributed by atoms with Crippen LogP contribution < -0.4 is 4.74 Å². The minimum atomic E-state index is -0.243. The first-order chi connectivity index (χ1) is 22.6. The molecule has 3 aliphatic rings. The summed E-state index contributed by atoms with van der Waals surface area (Å²) in [6.45, 7) is 12.6. The third kappa shape index (κ3) is 5.60. The van der Waals surface area contributed by atoms with Gasteiger partial charge in [-0.15, -0.1) is 0 Å². The molecule has 240 valence electrons. The standard InChI is InChI=1S/C43H44ClNOS/c1-28-26-31(18-22-37-42(2,3)39-33-14-8-6-12-29(33)16-20-35(39)45(37)24-10-11-25-47)41(44)32(27-28)19-23-38-43(4,5)40-34-15-9-7-13-30(34)17-21-36(40)46-38/h6-9,12-23,28H,10-11,24-27H2,1-5H3/p+1/b22-18+,32-19+,38-23+. The van der Waals surface area contributed by atoms with E-state index in [0.29, 0.717) is 5.92 Å². The Morgan fingerprint density at radius 3 is 2.21 bits per heavy atom. The van der Waals surface area contributed by atoms with Gasteiger partial charge in [0, 0.05) is 34.7 Å². The number of allylic oxidation sites excluding steroid dienone is 8. The summed E-state index contributed by atoms with van der Waals surface area (Å²) in [5, 5.41) is 6.00. The van der Waals surface area contributed by atoms with Gasteiger partial charge in [-0.1, -0.05) is 85.3 Å². The molecule has 2 heterocycles. The van der Waals surface area contributed by atoms with Gasteiger partial charge in [0.25, 0.3) is 0 Å². The number of nitrogens with zero attached hydrogens (tertiary/aromatic N) is 1. The second-order valence-electron chi connectivity index (χ2n) is 14.6.